The van der Waals surface area contributed by atoms with Crippen LogP contribution in [0, 0.1) is 0 Å². The van der Waals surface area contributed by atoms with Gasteiger partial charge in [0.1, 0.15) is 0 Å². The van der Waals surface area contributed by atoms with Crippen LogP contribution in [0.25, 0.3) is 11.1 Å². The first-order valence-electron chi connectivity index (χ1n) is 8.09. The quantitative estimate of drug-likeness (QED) is 0.374. The van der Waals surface area contributed by atoms with E-state index in [2.05, 4.69) is 12.1 Å². The van der Waals surface area contributed by atoms with Crippen LogP contribution in [0.3, 0.4) is 0 Å². The van der Waals surface area contributed by atoms with E-state index >= 15 is 0 Å². The molecule has 0 saturated heterocycles. The maximum absolute atomic E-state index is 12.5. The van der Waals surface area contributed by atoms with Gasteiger partial charge >= 0.3 is 5.97 Å². The number of fused-ring (bicyclic) bond motifs is 3. The summed E-state index contributed by atoms with van der Waals surface area (Å²) in [5.74, 6) is -0.122. The third kappa shape index (κ3) is 3.35. The van der Waals surface area contributed by atoms with Crippen molar-refractivity contribution in [1.29, 1.82) is 0 Å². The second-order valence-corrected chi connectivity index (χ2v) is 7.77. The normalized spacial score (nSPS) is 12.5. The van der Waals surface area contributed by atoms with Crippen molar-refractivity contribution in [2.24, 2.45) is 0 Å². The van der Waals surface area contributed by atoms with Gasteiger partial charge in [-0.05, 0) is 29.3 Å². The minimum absolute atomic E-state index is 0.168. The Hall–Kier alpha value is -1.94. The fraction of sp³-hybridized carbons (Fsp3) is 0.0952. The van der Waals surface area contributed by atoms with Gasteiger partial charge in [0.15, 0.2) is 6.10 Å². The van der Waals surface area contributed by atoms with Gasteiger partial charge in [0.2, 0.25) is 0 Å². The molecule has 0 aromatic heterocycles. The molecule has 0 aliphatic heterocycles. The lowest BCUT2D eigenvalue weighted by Gasteiger charge is -2.15. The van der Waals surface area contributed by atoms with Crippen LogP contribution in [0.15, 0.2) is 71.6 Å². The molecular weight excluding hydrogens is 387 g/mol. The number of halogens is 2. The highest BCUT2D eigenvalue weighted by Gasteiger charge is 2.30. The molecule has 0 radical (unpaired) electrons. The number of carbonyl (C=O) groups is 1. The lowest BCUT2D eigenvalue weighted by molar-refractivity contribution is -0.144. The Morgan fingerprint density at radius 3 is 2.19 bits per heavy atom. The van der Waals surface area contributed by atoms with Crippen LogP contribution < -0.4 is 0 Å². The molecule has 26 heavy (non-hydrogen) atoms. The van der Waals surface area contributed by atoms with Crippen molar-refractivity contribution in [1.82, 2.24) is 0 Å². The Bertz CT molecular complexity index is 942. The molecule has 3 aromatic carbocycles. The van der Waals surface area contributed by atoms with Crippen molar-refractivity contribution < 1.29 is 9.53 Å². The zero-order chi connectivity index (χ0) is 18.1. The zero-order valence-corrected chi connectivity index (χ0v) is 15.9. The number of hydrogen-bond donors (Lipinski definition) is 0. The Kier molecular flexibility index (Phi) is 4.94. The molecule has 1 aliphatic carbocycles. The third-order valence-corrected chi connectivity index (χ3v) is 5.97. The van der Waals surface area contributed by atoms with E-state index in [9.17, 15) is 4.79 Å². The van der Waals surface area contributed by atoms with Crippen LogP contribution in [0.5, 0.6) is 0 Å². The summed E-state index contributed by atoms with van der Waals surface area (Å²) in [6.45, 7) is 0. The number of carbonyl (C=O) groups excluding carboxylic acids is 1. The van der Waals surface area contributed by atoms with Gasteiger partial charge in [-0.2, -0.15) is 0 Å². The lowest BCUT2D eigenvalue weighted by atomic mass is 10.1. The molecule has 130 valence electrons. The molecule has 2 nitrogen and oxygen atoms in total. The standard InChI is InChI=1S/C21H14Cl2O2S/c22-13-9-10-18(23)19(11-13)26-12-20(24)25-21-16-7-3-1-5-14(16)15-6-2-4-8-17(15)21/h1-11,21H,12H2. The molecule has 0 bridgehead atoms. The third-order valence-electron chi connectivity index (χ3n) is 4.26. The summed E-state index contributed by atoms with van der Waals surface area (Å²) < 4.78 is 5.82. The first kappa shape index (κ1) is 17.5. The maximum Gasteiger partial charge on any atom is 0.317 e. The van der Waals surface area contributed by atoms with Crippen molar-refractivity contribution >= 4 is 40.9 Å². The van der Waals surface area contributed by atoms with Gasteiger partial charge in [0, 0.05) is 21.0 Å². The van der Waals surface area contributed by atoms with Crippen molar-refractivity contribution in [2.45, 2.75) is 11.0 Å². The minimum Gasteiger partial charge on any atom is -0.452 e. The van der Waals surface area contributed by atoms with E-state index in [1.165, 1.54) is 11.8 Å². The molecule has 0 atom stereocenters. The predicted octanol–water partition coefficient (Wildman–Crippen LogP) is 6.40. The lowest BCUT2D eigenvalue weighted by Crippen LogP contribution is -2.12. The summed E-state index contributed by atoms with van der Waals surface area (Å²) in [5.41, 5.74) is 4.28. The van der Waals surface area contributed by atoms with Gasteiger partial charge in [-0.25, -0.2) is 0 Å². The summed E-state index contributed by atoms with van der Waals surface area (Å²) >= 11 is 13.5. The maximum atomic E-state index is 12.5. The Labute approximate surface area is 166 Å². The van der Waals surface area contributed by atoms with Crippen molar-refractivity contribution in [3.63, 3.8) is 0 Å². The number of ether oxygens (including phenoxy) is 1. The van der Waals surface area contributed by atoms with Crippen LogP contribution in [0.2, 0.25) is 10.0 Å². The highest BCUT2D eigenvalue weighted by molar-refractivity contribution is 8.00. The average Bonchev–Trinajstić information content (AvgIpc) is 2.97. The summed E-state index contributed by atoms with van der Waals surface area (Å²) in [4.78, 5) is 13.2. The number of rotatable bonds is 4. The smallest absolute Gasteiger partial charge is 0.317 e. The molecule has 0 unspecified atom stereocenters. The minimum atomic E-state index is -0.370. The first-order valence-corrected chi connectivity index (χ1v) is 9.83. The van der Waals surface area contributed by atoms with E-state index in [0.29, 0.717) is 10.0 Å². The van der Waals surface area contributed by atoms with Crippen molar-refractivity contribution in [3.8, 4) is 11.1 Å². The molecule has 1 aliphatic rings. The molecule has 0 amide bonds. The zero-order valence-electron chi connectivity index (χ0n) is 13.6. The number of hydrogen-bond acceptors (Lipinski definition) is 3. The van der Waals surface area contributed by atoms with Crippen LogP contribution in [-0.4, -0.2) is 11.7 Å². The van der Waals surface area contributed by atoms with E-state index in [4.69, 9.17) is 27.9 Å². The van der Waals surface area contributed by atoms with Crippen molar-refractivity contribution in [3.05, 3.63) is 87.9 Å². The number of thioether (sulfide) groups is 1. The summed E-state index contributed by atoms with van der Waals surface area (Å²) in [5, 5.41) is 1.16. The molecule has 0 fully saturated rings. The van der Waals surface area contributed by atoms with E-state index in [-0.39, 0.29) is 17.8 Å². The van der Waals surface area contributed by atoms with Gasteiger partial charge in [0.25, 0.3) is 0 Å². The van der Waals surface area contributed by atoms with Crippen LogP contribution >= 0.6 is 35.0 Å². The second-order valence-electron chi connectivity index (χ2n) is 5.91. The summed E-state index contributed by atoms with van der Waals surface area (Å²) in [6, 6.07) is 21.3. The Morgan fingerprint density at radius 1 is 0.923 bits per heavy atom. The average molecular weight is 401 g/mol. The summed E-state index contributed by atoms with van der Waals surface area (Å²) in [6.07, 6.45) is -0.370. The van der Waals surface area contributed by atoms with Gasteiger partial charge in [0.05, 0.1) is 10.8 Å². The Morgan fingerprint density at radius 2 is 1.54 bits per heavy atom. The molecule has 4 rings (SSSR count). The topological polar surface area (TPSA) is 26.3 Å². The molecule has 0 spiro atoms. The fourth-order valence-corrected chi connectivity index (χ4v) is 4.40. The molecule has 0 heterocycles. The second kappa shape index (κ2) is 7.36. The van der Waals surface area contributed by atoms with Gasteiger partial charge < -0.3 is 4.74 Å². The van der Waals surface area contributed by atoms with Gasteiger partial charge in [-0.15, -0.1) is 11.8 Å². The fourth-order valence-electron chi connectivity index (χ4n) is 3.13. The first-order chi connectivity index (χ1) is 12.6. The summed E-state index contributed by atoms with van der Waals surface area (Å²) in [7, 11) is 0. The predicted molar refractivity (Wildman–Crippen MR) is 107 cm³/mol. The Balaban J connectivity index is 1.52. The van der Waals surface area contributed by atoms with Crippen LogP contribution in [-0.2, 0) is 9.53 Å². The number of esters is 1. The van der Waals surface area contributed by atoms with E-state index < -0.39 is 0 Å². The van der Waals surface area contributed by atoms with Crippen LogP contribution in [0.1, 0.15) is 17.2 Å². The monoisotopic (exact) mass is 400 g/mol. The molecular formula is C21H14Cl2O2S. The van der Waals surface area contributed by atoms with Gasteiger partial charge in [-0.3, -0.25) is 4.79 Å². The van der Waals surface area contributed by atoms with Crippen LogP contribution in [0.4, 0.5) is 0 Å². The molecule has 3 aromatic rings. The highest BCUT2D eigenvalue weighted by Crippen LogP contribution is 2.45. The van der Waals surface area contributed by atoms with E-state index in [0.717, 1.165) is 27.1 Å². The largest absolute Gasteiger partial charge is 0.452 e. The molecule has 5 heteroatoms. The van der Waals surface area contributed by atoms with Gasteiger partial charge in [-0.1, -0.05) is 71.7 Å². The van der Waals surface area contributed by atoms with E-state index in [1.807, 2.05) is 36.4 Å². The SMILES string of the molecule is O=C(CSc1cc(Cl)ccc1Cl)OC1c2ccccc2-c2ccccc21. The highest BCUT2D eigenvalue weighted by atomic mass is 35.5. The number of benzene rings is 3. The van der Waals surface area contributed by atoms with Crippen molar-refractivity contribution in [2.75, 3.05) is 5.75 Å². The van der Waals surface area contributed by atoms with E-state index in [1.54, 1.807) is 18.2 Å². The molecule has 0 N–H and O–H groups in total. The molecule has 0 saturated carbocycles.